The minimum absolute atomic E-state index is 0.558. The summed E-state index contributed by atoms with van der Waals surface area (Å²) in [7, 11) is 0. The maximum absolute atomic E-state index is 9.55. The quantitative estimate of drug-likeness (QED) is 0.666. The summed E-state index contributed by atoms with van der Waals surface area (Å²) in [4.78, 5) is 21.4. The Morgan fingerprint density at radius 3 is 2.17 bits per heavy atom. The molecule has 1 aliphatic heterocycles. The van der Waals surface area contributed by atoms with E-state index in [2.05, 4.69) is 22.3 Å². The van der Waals surface area contributed by atoms with Crippen LogP contribution in [0.1, 0.15) is 5.56 Å². The smallest absolute Gasteiger partial charge is 0.328 e. The highest BCUT2D eigenvalue weighted by Crippen LogP contribution is 2.01. The zero-order chi connectivity index (χ0) is 16.9. The topological polar surface area (TPSA) is 99.1 Å². The van der Waals surface area contributed by atoms with Crippen molar-refractivity contribution < 1.29 is 24.5 Å². The van der Waals surface area contributed by atoms with Gasteiger partial charge in [0.15, 0.2) is 0 Å². The molecule has 0 saturated carbocycles. The summed E-state index contributed by atoms with van der Waals surface area (Å²) in [6, 6.07) is 10.3. The Balaban J connectivity index is 0.000000284. The molecule has 0 spiro atoms. The summed E-state index contributed by atoms with van der Waals surface area (Å²) in [5.74, 6) is -2.51. The fourth-order valence-corrected chi connectivity index (χ4v) is 1.85. The second kappa shape index (κ2) is 11.4. The normalized spacial score (nSPS) is 15.0. The summed E-state index contributed by atoms with van der Waals surface area (Å²) < 4.78 is 5.66. The molecule has 0 unspecified atom stereocenters. The average Bonchev–Trinajstić information content (AvgIpc) is 2.56. The van der Waals surface area contributed by atoms with Gasteiger partial charge in [-0.3, -0.25) is 4.90 Å². The van der Waals surface area contributed by atoms with Gasteiger partial charge in [0.2, 0.25) is 0 Å². The monoisotopic (exact) mass is 322 g/mol. The van der Waals surface area contributed by atoms with E-state index in [1.165, 1.54) is 5.56 Å². The van der Waals surface area contributed by atoms with Crippen molar-refractivity contribution in [1.29, 1.82) is 0 Å². The van der Waals surface area contributed by atoms with Crippen LogP contribution in [0, 0.1) is 0 Å². The molecular weight excluding hydrogens is 300 g/mol. The van der Waals surface area contributed by atoms with E-state index < -0.39 is 11.9 Å². The Hall–Kier alpha value is -2.22. The summed E-state index contributed by atoms with van der Waals surface area (Å²) >= 11 is 0. The molecule has 23 heavy (non-hydrogen) atoms. The lowest BCUT2D eigenvalue weighted by Gasteiger charge is -2.26. The fraction of sp³-hybridized carbons (Fsp3) is 0.375. The molecule has 1 aliphatic rings. The zero-order valence-electron chi connectivity index (χ0n) is 12.9. The van der Waals surface area contributed by atoms with Crippen molar-refractivity contribution >= 4 is 11.9 Å². The average molecular weight is 322 g/mol. The Morgan fingerprint density at radius 1 is 1.09 bits per heavy atom. The van der Waals surface area contributed by atoms with E-state index in [1.807, 2.05) is 18.2 Å². The number of ether oxygens (including phenoxy) is 1. The number of carboxylic acids is 2. The number of nitrogens with one attached hydrogen (secondary N) is 1. The molecule has 3 N–H and O–H groups in total. The number of carboxylic acid groups (broad SMARTS) is 2. The lowest BCUT2D eigenvalue weighted by atomic mass is 10.2. The van der Waals surface area contributed by atoms with E-state index in [9.17, 15) is 9.59 Å². The Bertz CT molecular complexity index is 482. The minimum Gasteiger partial charge on any atom is -0.478 e. The van der Waals surface area contributed by atoms with Crippen molar-refractivity contribution in [3.05, 3.63) is 48.0 Å². The van der Waals surface area contributed by atoms with Gasteiger partial charge in [-0.1, -0.05) is 30.3 Å². The van der Waals surface area contributed by atoms with Crippen molar-refractivity contribution in [3.8, 4) is 0 Å². The van der Waals surface area contributed by atoms with Gasteiger partial charge in [-0.2, -0.15) is 0 Å². The molecule has 2 rings (SSSR count). The second-order valence-electron chi connectivity index (χ2n) is 4.84. The molecule has 0 radical (unpaired) electrons. The van der Waals surface area contributed by atoms with Gasteiger partial charge in [0.25, 0.3) is 0 Å². The first-order valence-corrected chi connectivity index (χ1v) is 7.26. The third-order valence-electron chi connectivity index (χ3n) is 2.96. The van der Waals surface area contributed by atoms with Gasteiger partial charge < -0.3 is 20.3 Å². The number of aliphatic carboxylic acids is 2. The van der Waals surface area contributed by atoms with Crippen molar-refractivity contribution in [1.82, 2.24) is 10.2 Å². The molecule has 0 aliphatic carbocycles. The molecule has 0 atom stereocenters. The van der Waals surface area contributed by atoms with Crippen LogP contribution in [0.2, 0.25) is 0 Å². The molecule has 1 aromatic carbocycles. The molecule has 1 fully saturated rings. The number of piperazine rings is 1. The highest BCUT2D eigenvalue weighted by Gasteiger charge is 2.08. The largest absolute Gasteiger partial charge is 0.478 e. The number of benzene rings is 1. The van der Waals surface area contributed by atoms with Gasteiger partial charge >= 0.3 is 11.9 Å². The first-order chi connectivity index (χ1) is 11.1. The summed E-state index contributed by atoms with van der Waals surface area (Å²) in [5, 5.41) is 19.0. The van der Waals surface area contributed by atoms with Gasteiger partial charge in [0.1, 0.15) is 0 Å². The number of nitrogens with zero attached hydrogens (tertiary/aromatic N) is 1. The number of hydrogen-bond acceptors (Lipinski definition) is 5. The maximum atomic E-state index is 9.55. The second-order valence-corrected chi connectivity index (χ2v) is 4.84. The van der Waals surface area contributed by atoms with Gasteiger partial charge in [0.05, 0.1) is 13.3 Å². The van der Waals surface area contributed by atoms with E-state index >= 15 is 0 Å². The summed E-state index contributed by atoms with van der Waals surface area (Å²) in [5.41, 5.74) is 1.24. The predicted octanol–water partition coefficient (Wildman–Crippen LogP) is 0.778. The van der Waals surface area contributed by atoms with Crippen LogP contribution >= 0.6 is 0 Å². The molecule has 0 bridgehead atoms. The van der Waals surface area contributed by atoms with Crippen molar-refractivity contribution in [2.75, 3.05) is 32.9 Å². The van der Waals surface area contributed by atoms with E-state index in [1.54, 1.807) is 0 Å². The van der Waals surface area contributed by atoms with Crippen LogP contribution in [0.5, 0.6) is 0 Å². The van der Waals surface area contributed by atoms with Crippen LogP contribution in [0.3, 0.4) is 0 Å². The number of hydrogen-bond donors (Lipinski definition) is 3. The van der Waals surface area contributed by atoms with Crippen molar-refractivity contribution in [2.45, 2.75) is 6.61 Å². The van der Waals surface area contributed by atoms with Crippen LogP contribution < -0.4 is 5.32 Å². The van der Waals surface area contributed by atoms with E-state index in [0.29, 0.717) is 18.8 Å². The van der Waals surface area contributed by atoms with Crippen LogP contribution in [-0.2, 0) is 20.9 Å². The Morgan fingerprint density at radius 2 is 1.65 bits per heavy atom. The molecule has 1 heterocycles. The van der Waals surface area contributed by atoms with Crippen LogP contribution in [-0.4, -0.2) is 60.0 Å². The third-order valence-corrected chi connectivity index (χ3v) is 2.96. The van der Waals surface area contributed by atoms with E-state index in [4.69, 9.17) is 14.9 Å². The van der Waals surface area contributed by atoms with E-state index in [-0.39, 0.29) is 0 Å². The van der Waals surface area contributed by atoms with Crippen LogP contribution in [0.15, 0.2) is 42.5 Å². The van der Waals surface area contributed by atoms with Crippen molar-refractivity contribution in [2.24, 2.45) is 0 Å². The van der Waals surface area contributed by atoms with Gasteiger partial charge in [-0.05, 0) is 5.56 Å². The van der Waals surface area contributed by atoms with E-state index in [0.717, 1.165) is 32.9 Å². The lowest BCUT2D eigenvalue weighted by Crippen LogP contribution is -2.44. The standard InChI is InChI=1S/C12H18N2O.C4H4O4/c1-2-4-12(5-3-1)10-15-11-14-8-6-13-7-9-14;5-3(6)1-2-4(7)8/h1-5,13H,6-11H2;1-2H,(H,5,6)(H,7,8)/b;2-1+. The first kappa shape index (κ1) is 18.8. The van der Waals surface area contributed by atoms with Crippen LogP contribution in [0.25, 0.3) is 0 Å². The zero-order valence-corrected chi connectivity index (χ0v) is 12.9. The van der Waals surface area contributed by atoms with Gasteiger partial charge in [0, 0.05) is 38.3 Å². The van der Waals surface area contributed by atoms with Crippen molar-refractivity contribution in [3.63, 3.8) is 0 Å². The Kier molecular flexibility index (Phi) is 9.30. The molecule has 1 aromatic rings. The molecule has 7 nitrogen and oxygen atoms in total. The SMILES string of the molecule is O=C(O)/C=C/C(=O)O.c1ccc(COCN2CCNCC2)cc1. The third kappa shape index (κ3) is 10.2. The lowest BCUT2D eigenvalue weighted by molar-refractivity contribution is -0.134. The highest BCUT2D eigenvalue weighted by atomic mass is 16.5. The maximum Gasteiger partial charge on any atom is 0.328 e. The molecule has 7 heteroatoms. The summed E-state index contributed by atoms with van der Waals surface area (Å²) in [6.07, 6.45) is 1.12. The first-order valence-electron chi connectivity index (χ1n) is 7.26. The molecule has 126 valence electrons. The minimum atomic E-state index is -1.26. The molecule has 0 aromatic heterocycles. The highest BCUT2D eigenvalue weighted by molar-refractivity contribution is 5.89. The molecule has 0 amide bonds. The van der Waals surface area contributed by atoms with Gasteiger partial charge in [-0.25, -0.2) is 9.59 Å². The van der Waals surface area contributed by atoms with Crippen LogP contribution in [0.4, 0.5) is 0 Å². The number of carbonyl (C=O) groups is 2. The molecular formula is C16H22N2O5. The van der Waals surface area contributed by atoms with Gasteiger partial charge in [-0.15, -0.1) is 0 Å². The molecule has 1 saturated heterocycles. The Labute approximate surface area is 135 Å². The predicted molar refractivity (Wildman–Crippen MR) is 85.0 cm³/mol. The summed E-state index contributed by atoms with van der Waals surface area (Å²) in [6.45, 7) is 5.80. The fourth-order valence-electron chi connectivity index (χ4n) is 1.85. The number of rotatable bonds is 6.